The van der Waals surface area contributed by atoms with Gasteiger partial charge in [0.2, 0.25) is 0 Å². The Labute approximate surface area is 215 Å². The smallest absolute Gasteiger partial charge is 0.345 e. The van der Waals surface area contributed by atoms with Crippen LogP contribution in [-0.4, -0.2) is 64.7 Å². The lowest BCUT2D eigenvalue weighted by Gasteiger charge is -2.23. The van der Waals surface area contributed by atoms with Crippen molar-refractivity contribution < 1.29 is 33.2 Å². The molecule has 1 N–H and O–H groups in total. The topological polar surface area (TPSA) is 115 Å². The standard InChI is InChI=1S/C26H32N4O7/c1-7-33-24(31)19-22(27-15-8-10-16(32-6)11-9-15)29-30-13-12-17(28-23(19)30)20-21(37-26(4,5)36-20)18-14-34-25(2,3)35-18/h8-13,18,20-21H,7,14H2,1-6H3,(H,27,29)/t18-,20+,21+/m1/s1. The Morgan fingerprint density at radius 2 is 1.86 bits per heavy atom. The third-order valence-electron chi connectivity index (χ3n) is 6.16. The number of benzene rings is 1. The number of methoxy groups -OCH3 is 1. The molecule has 0 spiro atoms. The highest BCUT2D eigenvalue weighted by atomic mass is 16.8. The number of aromatic nitrogens is 3. The summed E-state index contributed by atoms with van der Waals surface area (Å²) in [6.07, 6.45) is 0.380. The maximum absolute atomic E-state index is 13.0. The first-order valence-electron chi connectivity index (χ1n) is 12.2. The SMILES string of the molecule is CCOC(=O)c1c(Nc2ccc(OC)cc2)nn2ccc([C@@H]3OC(C)(C)O[C@H]3[C@H]3COC(C)(C)O3)nc12. The number of hydrogen-bond acceptors (Lipinski definition) is 10. The number of hydrogen-bond donors (Lipinski definition) is 1. The Morgan fingerprint density at radius 1 is 1.11 bits per heavy atom. The summed E-state index contributed by atoms with van der Waals surface area (Å²) in [5.74, 6) is -1.07. The van der Waals surface area contributed by atoms with E-state index in [-0.39, 0.29) is 18.3 Å². The molecule has 2 saturated heterocycles. The normalized spacial score (nSPS) is 24.3. The summed E-state index contributed by atoms with van der Waals surface area (Å²) in [5, 5.41) is 7.76. The van der Waals surface area contributed by atoms with Crippen LogP contribution in [0.15, 0.2) is 36.5 Å². The molecule has 0 radical (unpaired) electrons. The predicted octanol–water partition coefficient (Wildman–Crippen LogP) is 4.00. The minimum atomic E-state index is -0.857. The van der Waals surface area contributed by atoms with Crippen LogP contribution in [0, 0.1) is 0 Å². The molecule has 11 nitrogen and oxygen atoms in total. The molecule has 1 aromatic carbocycles. The lowest BCUT2D eigenvalue weighted by atomic mass is 10.1. The maximum atomic E-state index is 13.0. The number of esters is 1. The van der Waals surface area contributed by atoms with Crippen LogP contribution >= 0.6 is 0 Å². The van der Waals surface area contributed by atoms with Crippen LogP contribution in [0.4, 0.5) is 11.5 Å². The van der Waals surface area contributed by atoms with Gasteiger partial charge in [0.05, 0.1) is 26.0 Å². The second kappa shape index (κ2) is 9.56. The Hall–Kier alpha value is -3.25. The zero-order valence-corrected chi connectivity index (χ0v) is 21.8. The highest BCUT2D eigenvalue weighted by molar-refractivity contribution is 6.01. The maximum Gasteiger partial charge on any atom is 0.345 e. The Kier molecular flexibility index (Phi) is 6.57. The van der Waals surface area contributed by atoms with Gasteiger partial charge in [0, 0.05) is 11.9 Å². The molecule has 2 aliphatic heterocycles. The predicted molar refractivity (Wildman–Crippen MR) is 133 cm³/mol. The first-order valence-corrected chi connectivity index (χ1v) is 12.2. The van der Waals surface area contributed by atoms with E-state index in [4.69, 9.17) is 33.4 Å². The van der Waals surface area contributed by atoms with Gasteiger partial charge in [-0.3, -0.25) is 0 Å². The largest absolute Gasteiger partial charge is 0.497 e. The number of nitrogens with zero attached hydrogens (tertiary/aromatic N) is 3. The lowest BCUT2D eigenvalue weighted by Crippen LogP contribution is -2.35. The van der Waals surface area contributed by atoms with E-state index in [9.17, 15) is 4.79 Å². The highest BCUT2D eigenvalue weighted by Crippen LogP contribution is 2.42. The third-order valence-corrected chi connectivity index (χ3v) is 6.16. The van der Waals surface area contributed by atoms with Crippen LogP contribution in [0.25, 0.3) is 5.65 Å². The van der Waals surface area contributed by atoms with E-state index in [0.29, 0.717) is 29.5 Å². The number of carbonyl (C=O) groups is 1. The molecule has 5 rings (SSSR count). The second-order valence-corrected chi connectivity index (χ2v) is 9.81. The molecule has 0 aliphatic carbocycles. The number of fused-ring (bicyclic) bond motifs is 1. The molecule has 198 valence electrons. The number of rotatable bonds is 7. The van der Waals surface area contributed by atoms with E-state index in [2.05, 4.69) is 10.4 Å². The van der Waals surface area contributed by atoms with Crippen molar-refractivity contribution in [1.82, 2.24) is 14.6 Å². The van der Waals surface area contributed by atoms with Gasteiger partial charge in [-0.2, -0.15) is 0 Å². The van der Waals surface area contributed by atoms with Crippen molar-refractivity contribution >= 4 is 23.1 Å². The quantitative estimate of drug-likeness (QED) is 0.466. The zero-order chi connectivity index (χ0) is 26.4. The Morgan fingerprint density at radius 3 is 2.51 bits per heavy atom. The van der Waals surface area contributed by atoms with Crippen LogP contribution in [0.2, 0.25) is 0 Å². The fraction of sp³-hybridized carbons (Fsp3) is 0.500. The number of carbonyl (C=O) groups excluding carboxylic acids is 1. The second-order valence-electron chi connectivity index (χ2n) is 9.81. The Balaban J connectivity index is 1.53. The van der Waals surface area contributed by atoms with Crippen LogP contribution in [0.1, 0.15) is 56.8 Å². The lowest BCUT2D eigenvalue weighted by molar-refractivity contribution is -0.174. The molecule has 4 heterocycles. The van der Waals surface area contributed by atoms with Crippen molar-refractivity contribution in [3.05, 3.63) is 47.8 Å². The first kappa shape index (κ1) is 25.4. The fourth-order valence-electron chi connectivity index (χ4n) is 4.56. The van der Waals surface area contributed by atoms with Crippen molar-refractivity contribution in [1.29, 1.82) is 0 Å². The van der Waals surface area contributed by atoms with E-state index >= 15 is 0 Å². The van der Waals surface area contributed by atoms with E-state index in [1.807, 2.05) is 52.0 Å². The van der Waals surface area contributed by atoms with Crippen molar-refractivity contribution in [3.8, 4) is 5.75 Å². The van der Waals surface area contributed by atoms with Gasteiger partial charge >= 0.3 is 5.97 Å². The van der Waals surface area contributed by atoms with Crippen LogP contribution < -0.4 is 10.1 Å². The van der Waals surface area contributed by atoms with E-state index in [1.165, 1.54) is 4.52 Å². The summed E-state index contributed by atoms with van der Waals surface area (Å²) in [5.41, 5.74) is 1.86. The van der Waals surface area contributed by atoms with Gasteiger partial charge in [0.25, 0.3) is 0 Å². The number of ether oxygens (including phenoxy) is 6. The molecular formula is C26H32N4O7. The van der Waals surface area contributed by atoms with Crippen molar-refractivity contribution in [3.63, 3.8) is 0 Å². The van der Waals surface area contributed by atoms with Crippen LogP contribution in [-0.2, 0) is 23.7 Å². The van der Waals surface area contributed by atoms with E-state index in [0.717, 1.165) is 5.69 Å². The average Bonchev–Trinajstić information content (AvgIpc) is 3.50. The van der Waals surface area contributed by atoms with Crippen molar-refractivity contribution in [2.75, 3.05) is 25.6 Å². The minimum Gasteiger partial charge on any atom is -0.497 e. The summed E-state index contributed by atoms with van der Waals surface area (Å²) in [6.45, 7) is 9.75. The Bertz CT molecular complexity index is 1290. The molecule has 37 heavy (non-hydrogen) atoms. The van der Waals surface area contributed by atoms with E-state index in [1.54, 1.807) is 26.3 Å². The average molecular weight is 513 g/mol. The molecule has 2 fully saturated rings. The van der Waals surface area contributed by atoms with Gasteiger partial charge in [0.15, 0.2) is 23.0 Å². The van der Waals surface area contributed by atoms with Gasteiger partial charge in [0.1, 0.15) is 29.6 Å². The summed E-state index contributed by atoms with van der Waals surface area (Å²) in [6, 6.07) is 9.09. The highest BCUT2D eigenvalue weighted by Gasteiger charge is 2.51. The molecule has 0 saturated carbocycles. The molecule has 3 aromatic rings. The summed E-state index contributed by atoms with van der Waals surface area (Å²) in [4.78, 5) is 17.9. The monoisotopic (exact) mass is 512 g/mol. The van der Waals surface area contributed by atoms with Crippen LogP contribution in [0.3, 0.4) is 0 Å². The summed E-state index contributed by atoms with van der Waals surface area (Å²) >= 11 is 0. The van der Waals surface area contributed by atoms with Gasteiger partial charge in [-0.05, 0) is 65.0 Å². The molecule has 0 unspecified atom stereocenters. The summed E-state index contributed by atoms with van der Waals surface area (Å²) < 4.78 is 36.4. The fourth-order valence-corrected chi connectivity index (χ4v) is 4.56. The van der Waals surface area contributed by atoms with Gasteiger partial charge in [-0.25, -0.2) is 14.3 Å². The van der Waals surface area contributed by atoms with E-state index < -0.39 is 29.8 Å². The molecule has 2 aromatic heterocycles. The summed E-state index contributed by atoms with van der Waals surface area (Å²) in [7, 11) is 1.60. The number of nitrogens with one attached hydrogen (secondary N) is 1. The van der Waals surface area contributed by atoms with Crippen LogP contribution in [0.5, 0.6) is 5.75 Å². The van der Waals surface area contributed by atoms with Gasteiger partial charge < -0.3 is 33.7 Å². The number of anilines is 2. The van der Waals surface area contributed by atoms with Crippen molar-refractivity contribution in [2.24, 2.45) is 0 Å². The molecule has 11 heteroatoms. The van der Waals surface area contributed by atoms with Gasteiger partial charge in [-0.15, -0.1) is 5.10 Å². The molecule has 0 bridgehead atoms. The third kappa shape index (κ3) is 5.12. The van der Waals surface area contributed by atoms with Crippen molar-refractivity contribution in [2.45, 2.75) is 64.5 Å². The minimum absolute atomic E-state index is 0.211. The first-order chi connectivity index (χ1) is 17.6. The molecule has 2 aliphatic rings. The molecule has 0 amide bonds. The molecule has 3 atom stereocenters. The zero-order valence-electron chi connectivity index (χ0n) is 21.8. The van der Waals surface area contributed by atoms with Gasteiger partial charge in [-0.1, -0.05) is 0 Å². The molecular weight excluding hydrogens is 480 g/mol.